The summed E-state index contributed by atoms with van der Waals surface area (Å²) in [5, 5.41) is 12.1. The Labute approximate surface area is 258 Å². The Morgan fingerprint density at radius 2 is 2.00 bits per heavy atom. The van der Waals surface area contributed by atoms with Gasteiger partial charge < -0.3 is 19.5 Å². The van der Waals surface area contributed by atoms with Gasteiger partial charge in [0.15, 0.2) is 5.82 Å². The summed E-state index contributed by atoms with van der Waals surface area (Å²) in [6.07, 6.45) is 6.36. The van der Waals surface area contributed by atoms with Crippen LogP contribution in [0.3, 0.4) is 0 Å². The Hall–Kier alpha value is -4.12. The van der Waals surface area contributed by atoms with E-state index in [1.54, 1.807) is 6.07 Å². The van der Waals surface area contributed by atoms with E-state index in [9.17, 15) is 9.50 Å². The third kappa shape index (κ3) is 4.49. The summed E-state index contributed by atoms with van der Waals surface area (Å²) in [6, 6.07) is 5.92. The van der Waals surface area contributed by atoms with E-state index in [0.717, 1.165) is 50.8 Å². The summed E-state index contributed by atoms with van der Waals surface area (Å²) < 4.78 is 58.1. The monoisotopic (exact) mass is 617 g/mol. The number of ether oxygens (including phenoxy) is 2. The third-order valence-corrected chi connectivity index (χ3v) is 10.1. The molecule has 11 heteroatoms. The van der Waals surface area contributed by atoms with Gasteiger partial charge in [0.2, 0.25) is 5.88 Å². The number of aromatic nitrogens is 3. The summed E-state index contributed by atoms with van der Waals surface area (Å²) in [4.78, 5) is 18.5. The highest BCUT2D eigenvalue weighted by atomic mass is 19.1. The molecule has 0 radical (unpaired) electrons. The second-order valence-corrected chi connectivity index (χ2v) is 12.7. The van der Waals surface area contributed by atoms with Crippen molar-refractivity contribution in [3.8, 4) is 28.9 Å². The van der Waals surface area contributed by atoms with Gasteiger partial charge in [-0.05, 0) is 91.6 Å². The molecule has 2 aromatic heterocycles. The van der Waals surface area contributed by atoms with Crippen molar-refractivity contribution in [3.05, 3.63) is 53.4 Å². The number of hydrogen-bond donors (Lipinski definition) is 1. The molecule has 4 aliphatic rings. The summed E-state index contributed by atoms with van der Waals surface area (Å²) in [6.45, 7) is 4.58. The zero-order chi connectivity index (χ0) is 30.9. The van der Waals surface area contributed by atoms with Crippen LogP contribution in [0.2, 0.25) is 0 Å². The van der Waals surface area contributed by atoms with E-state index in [1.807, 2.05) is 6.92 Å². The fourth-order valence-corrected chi connectivity index (χ4v) is 7.97. The molecule has 2 atom stereocenters. The first kappa shape index (κ1) is 28.4. The van der Waals surface area contributed by atoms with Crippen LogP contribution in [-0.4, -0.2) is 69.4 Å². The quantitative estimate of drug-likeness (QED) is 0.268. The maximum Gasteiger partial charge on any atom is 0.319 e. The predicted molar refractivity (Wildman–Crippen MR) is 165 cm³/mol. The molecule has 2 aromatic carbocycles. The van der Waals surface area contributed by atoms with Crippen molar-refractivity contribution in [2.75, 3.05) is 37.7 Å². The second kappa shape index (κ2) is 10.8. The molecule has 45 heavy (non-hydrogen) atoms. The number of nitrogens with zero attached hydrogens (tertiary/aromatic N) is 5. The molecule has 0 amide bonds. The lowest BCUT2D eigenvalue weighted by molar-refractivity contribution is 0.108. The largest absolute Gasteiger partial charge is 0.508 e. The highest BCUT2D eigenvalue weighted by Crippen LogP contribution is 2.45. The van der Waals surface area contributed by atoms with Crippen LogP contribution in [0, 0.1) is 11.6 Å². The van der Waals surface area contributed by atoms with E-state index >= 15 is 8.78 Å². The molecule has 4 aromatic rings. The van der Waals surface area contributed by atoms with Gasteiger partial charge in [-0.3, -0.25) is 4.90 Å². The normalized spacial score (nSPS) is 23.8. The highest BCUT2D eigenvalue weighted by molar-refractivity contribution is 6.03. The first-order valence-electron chi connectivity index (χ1n) is 15.8. The minimum Gasteiger partial charge on any atom is -0.508 e. The third-order valence-electron chi connectivity index (χ3n) is 10.1. The minimum absolute atomic E-state index is 0.0105. The van der Waals surface area contributed by atoms with E-state index in [-0.39, 0.29) is 52.6 Å². The maximum absolute atomic E-state index is 16.9. The number of aromatic hydroxyl groups is 1. The number of hydrogen-bond acceptors (Lipinski definition) is 8. The van der Waals surface area contributed by atoms with E-state index < -0.39 is 11.6 Å². The molecule has 6 heterocycles. The number of piperidine rings is 1. The average Bonchev–Trinajstić information content (AvgIpc) is 3.55. The van der Waals surface area contributed by atoms with Crippen LogP contribution in [0.25, 0.3) is 32.9 Å². The topological polar surface area (TPSA) is 83.8 Å². The number of phenolic OH excluding ortho intramolecular Hbond substituents is 1. The number of halogens is 3. The molecule has 0 spiro atoms. The SMILES string of the molecule is CCc1c(F)ccc2cc(O)cc(-c3nc4c5c(nc(OC[C@@]67CCCN6C/C(=C\F)C7)nc5c3F)N3CCCC[C@H]3CO4)c12. The molecule has 0 bridgehead atoms. The first-order chi connectivity index (χ1) is 21.9. The predicted octanol–water partition coefficient (Wildman–Crippen LogP) is 6.61. The van der Waals surface area contributed by atoms with Gasteiger partial charge in [0.1, 0.15) is 47.2 Å². The Morgan fingerprint density at radius 3 is 2.84 bits per heavy atom. The number of pyridine rings is 1. The lowest BCUT2D eigenvalue weighted by Crippen LogP contribution is -2.44. The van der Waals surface area contributed by atoms with Crippen molar-refractivity contribution in [1.29, 1.82) is 0 Å². The van der Waals surface area contributed by atoms with Gasteiger partial charge in [-0.15, -0.1) is 0 Å². The number of fused-ring (bicyclic) bond motifs is 4. The Kier molecular flexibility index (Phi) is 6.78. The van der Waals surface area contributed by atoms with Crippen molar-refractivity contribution >= 4 is 27.5 Å². The van der Waals surface area contributed by atoms with E-state index in [1.165, 1.54) is 18.2 Å². The minimum atomic E-state index is -0.733. The van der Waals surface area contributed by atoms with Crippen LogP contribution >= 0.6 is 0 Å². The number of rotatable bonds is 5. The van der Waals surface area contributed by atoms with Gasteiger partial charge in [-0.25, -0.2) is 18.2 Å². The molecular weight excluding hydrogens is 583 g/mol. The summed E-state index contributed by atoms with van der Waals surface area (Å²) in [5.74, 6) is -0.533. The molecule has 0 aliphatic carbocycles. The van der Waals surface area contributed by atoms with Gasteiger partial charge in [0, 0.05) is 18.7 Å². The van der Waals surface area contributed by atoms with Crippen molar-refractivity contribution in [1.82, 2.24) is 19.9 Å². The maximum atomic E-state index is 16.9. The second-order valence-electron chi connectivity index (χ2n) is 12.7. The number of phenols is 1. The van der Waals surface area contributed by atoms with Crippen LogP contribution in [-0.2, 0) is 6.42 Å². The molecule has 8 rings (SSSR count). The van der Waals surface area contributed by atoms with Crippen LogP contribution in [0.5, 0.6) is 17.6 Å². The zero-order valence-corrected chi connectivity index (χ0v) is 25.1. The fraction of sp³-hybridized carbons (Fsp3) is 0.441. The van der Waals surface area contributed by atoms with Gasteiger partial charge in [0.25, 0.3) is 0 Å². The Bertz CT molecular complexity index is 1880. The van der Waals surface area contributed by atoms with Gasteiger partial charge in [-0.1, -0.05) is 13.0 Å². The lowest BCUT2D eigenvalue weighted by atomic mass is 9.94. The molecule has 0 saturated carbocycles. The number of benzene rings is 2. The molecule has 4 aliphatic heterocycles. The molecule has 8 nitrogen and oxygen atoms in total. The van der Waals surface area contributed by atoms with Gasteiger partial charge >= 0.3 is 6.01 Å². The zero-order valence-electron chi connectivity index (χ0n) is 25.1. The molecule has 0 unspecified atom stereocenters. The smallest absolute Gasteiger partial charge is 0.319 e. The fourth-order valence-electron chi connectivity index (χ4n) is 7.97. The van der Waals surface area contributed by atoms with E-state index in [4.69, 9.17) is 14.5 Å². The summed E-state index contributed by atoms with van der Waals surface area (Å²) in [7, 11) is 0. The van der Waals surface area contributed by atoms with Gasteiger partial charge in [-0.2, -0.15) is 9.97 Å². The van der Waals surface area contributed by atoms with Crippen molar-refractivity contribution in [2.45, 2.75) is 63.5 Å². The highest BCUT2D eigenvalue weighted by Gasteiger charge is 2.47. The molecule has 3 fully saturated rings. The summed E-state index contributed by atoms with van der Waals surface area (Å²) in [5.41, 5.74) is 0.938. The van der Waals surface area contributed by atoms with E-state index in [0.29, 0.717) is 59.9 Å². The van der Waals surface area contributed by atoms with Gasteiger partial charge in [0.05, 0.1) is 17.9 Å². The van der Waals surface area contributed by atoms with Crippen molar-refractivity contribution in [3.63, 3.8) is 0 Å². The Morgan fingerprint density at radius 1 is 1.11 bits per heavy atom. The first-order valence-corrected chi connectivity index (χ1v) is 15.8. The Balaban J connectivity index is 1.32. The van der Waals surface area contributed by atoms with Crippen molar-refractivity contribution in [2.24, 2.45) is 0 Å². The average molecular weight is 618 g/mol. The van der Waals surface area contributed by atoms with Crippen LogP contribution < -0.4 is 14.4 Å². The van der Waals surface area contributed by atoms with Crippen LogP contribution in [0.4, 0.5) is 19.0 Å². The molecule has 234 valence electrons. The summed E-state index contributed by atoms with van der Waals surface area (Å²) >= 11 is 0. The van der Waals surface area contributed by atoms with Crippen molar-refractivity contribution < 1.29 is 27.8 Å². The van der Waals surface area contributed by atoms with Crippen LogP contribution in [0.15, 0.2) is 36.2 Å². The molecule has 3 saturated heterocycles. The number of anilines is 1. The number of aryl methyl sites for hydroxylation is 1. The molecule has 1 N–H and O–H groups in total. The van der Waals surface area contributed by atoms with Crippen LogP contribution in [0.1, 0.15) is 51.0 Å². The standard InChI is InChI=1S/C34H34F3N5O3/c1-2-23-25(36)8-7-20-12-22(43)13-24(26(20)23)29-28(37)30-27-31(42-11-4-3-6-21(42)17-44-32(27)38-29)40-33(39-30)45-18-34-9-5-10-41(34)16-19(14-34)15-35/h7-8,12-13,15,21,43H,2-6,9-11,14,16-18H2,1H3/b19-15-/t21-,34-/m0/s1. The molecular formula is C34H34F3N5O3. The lowest BCUT2D eigenvalue weighted by Gasteiger charge is -2.35. The van der Waals surface area contributed by atoms with E-state index in [2.05, 4.69) is 19.8 Å².